The van der Waals surface area contributed by atoms with E-state index in [1.807, 2.05) is 0 Å². The molecule has 0 bridgehead atoms. The topological polar surface area (TPSA) is 51.3 Å². The third kappa shape index (κ3) is 2.91. The van der Waals surface area contributed by atoms with E-state index in [9.17, 15) is 18.0 Å². The van der Waals surface area contributed by atoms with E-state index in [1.165, 1.54) is 13.3 Å². The summed E-state index contributed by atoms with van der Waals surface area (Å²) in [5.41, 5.74) is -0.962. The molecular formula is C8H7BrF3NO3. The summed E-state index contributed by atoms with van der Waals surface area (Å²) in [6.45, 7) is 0. The molecule has 0 amide bonds. The molecule has 0 aliphatic carbocycles. The standard InChI is InChI=1S/C8H7BrF3NO3/c1-15-5-3-13-7(14)6(4(5)2-9)16-8(10,11)12/h3H,2H2,1H3,(H,13,14). The zero-order chi connectivity index (χ0) is 12.3. The predicted molar refractivity (Wildman–Crippen MR) is 52.9 cm³/mol. The van der Waals surface area contributed by atoms with Gasteiger partial charge in [-0.15, -0.1) is 13.2 Å². The molecule has 0 saturated carbocycles. The lowest BCUT2D eigenvalue weighted by Crippen LogP contribution is -2.24. The van der Waals surface area contributed by atoms with Crippen LogP contribution in [0.3, 0.4) is 0 Å². The second-order valence-corrected chi connectivity index (χ2v) is 3.24. The molecule has 4 nitrogen and oxygen atoms in total. The Morgan fingerprint density at radius 1 is 1.50 bits per heavy atom. The van der Waals surface area contributed by atoms with Crippen molar-refractivity contribution in [1.29, 1.82) is 0 Å². The number of nitrogens with one attached hydrogen (secondary N) is 1. The zero-order valence-electron chi connectivity index (χ0n) is 8.02. The van der Waals surface area contributed by atoms with Crippen LogP contribution in [0.5, 0.6) is 11.5 Å². The summed E-state index contributed by atoms with van der Waals surface area (Å²) in [5, 5.41) is 0.00546. The van der Waals surface area contributed by atoms with Crippen LogP contribution >= 0.6 is 15.9 Å². The molecule has 0 atom stereocenters. The smallest absolute Gasteiger partial charge is 0.495 e. The largest absolute Gasteiger partial charge is 0.573 e. The average Bonchev–Trinajstić information content (AvgIpc) is 2.19. The van der Waals surface area contributed by atoms with Gasteiger partial charge in [-0.05, 0) is 0 Å². The number of aromatic amines is 1. The Balaban J connectivity index is 3.29. The van der Waals surface area contributed by atoms with Gasteiger partial charge in [0.15, 0.2) is 0 Å². The quantitative estimate of drug-likeness (QED) is 0.871. The summed E-state index contributed by atoms with van der Waals surface area (Å²) < 4.78 is 44.6. The van der Waals surface area contributed by atoms with E-state index in [-0.39, 0.29) is 16.6 Å². The van der Waals surface area contributed by atoms with Gasteiger partial charge in [0.25, 0.3) is 5.56 Å². The Labute approximate surface area is 96.5 Å². The van der Waals surface area contributed by atoms with Gasteiger partial charge >= 0.3 is 6.36 Å². The molecule has 0 aliphatic heterocycles. The minimum absolute atomic E-state index is 0.00331. The van der Waals surface area contributed by atoms with Gasteiger partial charge in [-0.2, -0.15) is 0 Å². The molecule has 0 unspecified atom stereocenters. The predicted octanol–water partition coefficient (Wildman–Crippen LogP) is 2.18. The van der Waals surface area contributed by atoms with E-state index in [1.54, 1.807) is 0 Å². The van der Waals surface area contributed by atoms with Crippen LogP contribution in [0.15, 0.2) is 11.0 Å². The van der Waals surface area contributed by atoms with Gasteiger partial charge in [-0.25, -0.2) is 0 Å². The highest BCUT2D eigenvalue weighted by atomic mass is 79.9. The van der Waals surface area contributed by atoms with Crippen molar-refractivity contribution in [2.45, 2.75) is 11.7 Å². The number of H-pyrrole nitrogens is 1. The maximum Gasteiger partial charge on any atom is 0.573 e. The van der Waals surface area contributed by atoms with Crippen LogP contribution in [-0.2, 0) is 5.33 Å². The number of hydrogen-bond donors (Lipinski definition) is 1. The number of aromatic nitrogens is 1. The van der Waals surface area contributed by atoms with Crippen LogP contribution in [0, 0.1) is 0 Å². The van der Waals surface area contributed by atoms with Gasteiger partial charge in [0.05, 0.1) is 12.7 Å². The Bertz CT molecular complexity index is 430. The van der Waals surface area contributed by atoms with Crippen LogP contribution in [0.1, 0.15) is 5.56 Å². The summed E-state index contributed by atoms with van der Waals surface area (Å²) in [5.74, 6) is -0.709. The Hall–Kier alpha value is -1.18. The average molecular weight is 302 g/mol. The monoisotopic (exact) mass is 301 g/mol. The van der Waals surface area contributed by atoms with Crippen molar-refractivity contribution in [3.8, 4) is 11.5 Å². The highest BCUT2D eigenvalue weighted by Crippen LogP contribution is 2.30. The molecule has 0 aromatic carbocycles. The number of hydrogen-bond acceptors (Lipinski definition) is 3. The molecule has 1 heterocycles. The van der Waals surface area contributed by atoms with Gasteiger partial charge in [-0.3, -0.25) is 4.79 Å². The highest BCUT2D eigenvalue weighted by molar-refractivity contribution is 9.08. The first-order chi connectivity index (χ1) is 7.39. The van der Waals surface area contributed by atoms with Gasteiger partial charge < -0.3 is 14.5 Å². The fourth-order valence-corrected chi connectivity index (χ4v) is 1.60. The van der Waals surface area contributed by atoms with E-state index in [4.69, 9.17) is 4.74 Å². The molecule has 0 aliphatic rings. The minimum atomic E-state index is -4.92. The lowest BCUT2D eigenvalue weighted by Gasteiger charge is -2.13. The van der Waals surface area contributed by atoms with Crippen LogP contribution in [-0.4, -0.2) is 18.5 Å². The first-order valence-electron chi connectivity index (χ1n) is 3.99. The van der Waals surface area contributed by atoms with Crippen LogP contribution in [0.2, 0.25) is 0 Å². The third-order valence-corrected chi connectivity index (χ3v) is 2.24. The molecule has 0 spiro atoms. The van der Waals surface area contributed by atoms with E-state index in [0.29, 0.717) is 0 Å². The van der Waals surface area contributed by atoms with Crippen molar-refractivity contribution in [2.75, 3.05) is 7.11 Å². The van der Waals surface area contributed by atoms with Crippen LogP contribution < -0.4 is 15.0 Å². The molecule has 1 aromatic heterocycles. The van der Waals surface area contributed by atoms with E-state index in [2.05, 4.69) is 25.7 Å². The number of halogens is 4. The summed E-state index contributed by atoms with van der Waals surface area (Å²) in [7, 11) is 1.27. The molecule has 1 N–H and O–H groups in total. The van der Waals surface area contributed by atoms with Gasteiger partial charge in [0, 0.05) is 11.5 Å². The molecule has 1 rings (SSSR count). The lowest BCUT2D eigenvalue weighted by atomic mass is 10.2. The summed E-state index contributed by atoms with van der Waals surface area (Å²) in [4.78, 5) is 13.3. The first-order valence-corrected chi connectivity index (χ1v) is 5.11. The number of pyridine rings is 1. The van der Waals surface area contributed by atoms with E-state index >= 15 is 0 Å². The number of methoxy groups -OCH3 is 1. The fourth-order valence-electron chi connectivity index (χ4n) is 1.07. The van der Waals surface area contributed by atoms with E-state index in [0.717, 1.165) is 0 Å². The molecule has 16 heavy (non-hydrogen) atoms. The van der Waals surface area contributed by atoms with Crippen LogP contribution in [0.25, 0.3) is 0 Å². The second-order valence-electron chi connectivity index (χ2n) is 2.68. The molecule has 0 radical (unpaired) electrons. The molecule has 0 saturated heterocycles. The van der Waals surface area contributed by atoms with Crippen molar-refractivity contribution in [3.63, 3.8) is 0 Å². The molecule has 8 heteroatoms. The first kappa shape index (κ1) is 12.9. The molecular weight excluding hydrogens is 295 g/mol. The molecule has 1 aromatic rings. The Morgan fingerprint density at radius 2 is 2.12 bits per heavy atom. The van der Waals surface area contributed by atoms with Crippen molar-refractivity contribution >= 4 is 15.9 Å². The van der Waals surface area contributed by atoms with Crippen molar-refractivity contribution < 1.29 is 22.6 Å². The number of alkyl halides is 4. The second kappa shape index (κ2) is 4.77. The van der Waals surface area contributed by atoms with Gasteiger partial charge in [0.2, 0.25) is 5.75 Å². The SMILES string of the molecule is COc1c[nH]c(=O)c(OC(F)(F)F)c1CBr. The Morgan fingerprint density at radius 3 is 2.56 bits per heavy atom. The number of rotatable bonds is 3. The van der Waals surface area contributed by atoms with Crippen molar-refractivity contribution in [3.05, 3.63) is 22.1 Å². The summed E-state index contributed by atoms with van der Waals surface area (Å²) in [6, 6.07) is 0. The zero-order valence-corrected chi connectivity index (χ0v) is 9.61. The maximum atomic E-state index is 12.0. The fraction of sp³-hybridized carbons (Fsp3) is 0.375. The van der Waals surface area contributed by atoms with Crippen molar-refractivity contribution in [1.82, 2.24) is 4.98 Å². The van der Waals surface area contributed by atoms with Gasteiger partial charge in [-0.1, -0.05) is 15.9 Å². The third-order valence-electron chi connectivity index (χ3n) is 1.68. The summed E-state index contributed by atoms with van der Waals surface area (Å²) in [6.07, 6.45) is -3.75. The summed E-state index contributed by atoms with van der Waals surface area (Å²) >= 11 is 2.96. The maximum absolute atomic E-state index is 12.0. The van der Waals surface area contributed by atoms with Crippen LogP contribution in [0.4, 0.5) is 13.2 Å². The van der Waals surface area contributed by atoms with Crippen molar-refractivity contribution in [2.24, 2.45) is 0 Å². The minimum Gasteiger partial charge on any atom is -0.495 e. The normalized spacial score (nSPS) is 11.3. The van der Waals surface area contributed by atoms with Gasteiger partial charge in [0.1, 0.15) is 5.75 Å². The molecule has 0 fully saturated rings. The lowest BCUT2D eigenvalue weighted by molar-refractivity contribution is -0.275. The highest BCUT2D eigenvalue weighted by Gasteiger charge is 2.34. The van der Waals surface area contributed by atoms with E-state index < -0.39 is 17.7 Å². The Kier molecular flexibility index (Phi) is 3.84. The number of ether oxygens (including phenoxy) is 2. The molecule has 90 valence electrons.